The number of nitrogens with zero attached hydrogens (tertiary/aromatic N) is 1. The van der Waals surface area contributed by atoms with E-state index in [1.807, 2.05) is 6.07 Å². The predicted octanol–water partition coefficient (Wildman–Crippen LogP) is 3.14. The number of halogens is 1. The third kappa shape index (κ3) is 2.02. The highest BCUT2D eigenvalue weighted by Gasteiger charge is 2.14. The Morgan fingerprint density at radius 2 is 2.16 bits per heavy atom. The van der Waals surface area contributed by atoms with E-state index in [1.54, 1.807) is 36.8 Å². The Morgan fingerprint density at radius 1 is 1.32 bits per heavy atom. The van der Waals surface area contributed by atoms with Crippen molar-refractivity contribution in [3.63, 3.8) is 0 Å². The van der Waals surface area contributed by atoms with Crippen molar-refractivity contribution in [3.8, 4) is 0 Å². The minimum atomic E-state index is -0.0709. The number of aromatic amines is 1. The molecule has 0 radical (unpaired) electrons. The number of hydrogen-bond donors (Lipinski definition) is 2. The van der Waals surface area contributed by atoms with Gasteiger partial charge in [0.05, 0.1) is 0 Å². The average Bonchev–Trinajstić information content (AvgIpc) is 2.85. The van der Waals surface area contributed by atoms with E-state index < -0.39 is 0 Å². The van der Waals surface area contributed by atoms with Crippen molar-refractivity contribution in [1.29, 1.82) is 0 Å². The fraction of sp³-hybridized carbons (Fsp3) is 0. The zero-order chi connectivity index (χ0) is 13.4. The molecule has 3 N–H and O–H groups in total. The van der Waals surface area contributed by atoms with Gasteiger partial charge >= 0.3 is 0 Å². The number of carbonyl (C=O) groups is 1. The molecular weight excluding hydrogens is 306 g/mol. The highest BCUT2D eigenvalue weighted by molar-refractivity contribution is 9.10. The zero-order valence-electron chi connectivity index (χ0n) is 9.85. The quantitative estimate of drug-likeness (QED) is 0.563. The van der Waals surface area contributed by atoms with Crippen molar-refractivity contribution < 1.29 is 4.79 Å². The van der Waals surface area contributed by atoms with Crippen molar-refractivity contribution in [2.24, 2.45) is 0 Å². The van der Waals surface area contributed by atoms with Gasteiger partial charge in [0.25, 0.3) is 0 Å². The molecule has 5 heteroatoms. The maximum absolute atomic E-state index is 12.5. The van der Waals surface area contributed by atoms with Gasteiger partial charge in [-0.3, -0.25) is 9.78 Å². The zero-order valence-corrected chi connectivity index (χ0v) is 11.4. The lowest BCUT2D eigenvalue weighted by Gasteiger charge is -2.03. The average molecular weight is 316 g/mol. The topological polar surface area (TPSA) is 71.8 Å². The molecule has 0 aliphatic carbocycles. The number of carbonyl (C=O) groups excluding carboxylic acids is 1. The molecule has 3 aromatic rings. The van der Waals surface area contributed by atoms with Gasteiger partial charge in [-0.05, 0) is 40.2 Å². The molecule has 3 rings (SSSR count). The summed E-state index contributed by atoms with van der Waals surface area (Å²) in [5.74, 6) is -0.0709. The van der Waals surface area contributed by atoms with E-state index in [2.05, 4.69) is 25.9 Å². The number of anilines is 1. The number of nitrogens with one attached hydrogen (secondary N) is 1. The lowest BCUT2D eigenvalue weighted by Crippen LogP contribution is -2.01. The van der Waals surface area contributed by atoms with Crippen LogP contribution in [0.15, 0.2) is 47.3 Å². The summed E-state index contributed by atoms with van der Waals surface area (Å²) in [6, 6.07) is 7.03. The standard InChI is InChI=1S/C14H10BrN3O/c15-11-2-1-8(5-12(11)16)14(19)10-7-18-13-3-4-17-6-9(10)13/h1-7,18H,16H2. The number of benzene rings is 1. The number of rotatable bonds is 2. The first-order valence-corrected chi connectivity index (χ1v) is 6.47. The van der Waals surface area contributed by atoms with E-state index in [9.17, 15) is 4.79 Å². The summed E-state index contributed by atoms with van der Waals surface area (Å²) in [6.07, 6.45) is 5.07. The molecule has 2 aromatic heterocycles. The summed E-state index contributed by atoms with van der Waals surface area (Å²) < 4.78 is 0.782. The van der Waals surface area contributed by atoms with Crippen LogP contribution in [-0.4, -0.2) is 15.8 Å². The molecular formula is C14H10BrN3O. The molecule has 0 aliphatic heterocycles. The van der Waals surface area contributed by atoms with E-state index in [4.69, 9.17) is 5.73 Å². The van der Waals surface area contributed by atoms with Crippen LogP contribution in [0.1, 0.15) is 15.9 Å². The Morgan fingerprint density at radius 3 is 2.95 bits per heavy atom. The van der Waals surface area contributed by atoms with Crippen molar-refractivity contribution in [3.05, 3.63) is 58.5 Å². The van der Waals surface area contributed by atoms with Gasteiger partial charge in [0, 0.05) is 50.8 Å². The van der Waals surface area contributed by atoms with Crippen LogP contribution < -0.4 is 5.73 Å². The van der Waals surface area contributed by atoms with E-state index in [-0.39, 0.29) is 5.78 Å². The molecule has 4 nitrogen and oxygen atoms in total. The lowest BCUT2D eigenvalue weighted by molar-refractivity contribution is 0.104. The minimum Gasteiger partial charge on any atom is -0.398 e. The Bertz CT molecular complexity index is 779. The maximum atomic E-state index is 12.5. The number of nitrogens with two attached hydrogens (primary N) is 1. The number of aromatic nitrogens is 2. The number of hydrogen-bond acceptors (Lipinski definition) is 3. The summed E-state index contributed by atoms with van der Waals surface area (Å²) in [5, 5.41) is 0.814. The largest absolute Gasteiger partial charge is 0.398 e. The molecule has 19 heavy (non-hydrogen) atoms. The molecule has 0 bridgehead atoms. The number of pyridine rings is 1. The Labute approximate surface area is 117 Å². The predicted molar refractivity (Wildman–Crippen MR) is 78.1 cm³/mol. The van der Waals surface area contributed by atoms with Crippen LogP contribution in [-0.2, 0) is 0 Å². The van der Waals surface area contributed by atoms with Crippen molar-refractivity contribution >= 4 is 38.3 Å². The molecule has 1 aromatic carbocycles. The fourth-order valence-corrected chi connectivity index (χ4v) is 2.24. The molecule has 0 fully saturated rings. The SMILES string of the molecule is Nc1cc(C(=O)c2c[nH]c3ccncc23)ccc1Br. The smallest absolute Gasteiger partial charge is 0.195 e. The minimum absolute atomic E-state index is 0.0709. The normalized spacial score (nSPS) is 10.8. The van der Waals surface area contributed by atoms with Crippen molar-refractivity contribution in [1.82, 2.24) is 9.97 Å². The van der Waals surface area contributed by atoms with E-state index in [1.165, 1.54) is 0 Å². The number of nitrogen functional groups attached to an aromatic ring is 1. The van der Waals surface area contributed by atoms with E-state index in [0.717, 1.165) is 15.4 Å². The number of H-pyrrole nitrogens is 1. The number of fused-ring (bicyclic) bond motifs is 1. The van der Waals surface area contributed by atoms with Gasteiger partial charge in [0.2, 0.25) is 0 Å². The third-order valence-corrected chi connectivity index (χ3v) is 3.71. The van der Waals surface area contributed by atoms with Crippen LogP contribution >= 0.6 is 15.9 Å². The summed E-state index contributed by atoms with van der Waals surface area (Å²) >= 11 is 3.31. The summed E-state index contributed by atoms with van der Waals surface area (Å²) in [4.78, 5) is 19.6. The third-order valence-electron chi connectivity index (χ3n) is 2.99. The monoisotopic (exact) mass is 315 g/mol. The summed E-state index contributed by atoms with van der Waals surface area (Å²) in [6.45, 7) is 0. The molecule has 0 spiro atoms. The Kier molecular flexibility index (Phi) is 2.83. The molecule has 0 unspecified atom stereocenters. The van der Waals surface area contributed by atoms with Gasteiger partial charge in [-0.2, -0.15) is 0 Å². The van der Waals surface area contributed by atoms with Crippen molar-refractivity contribution in [2.75, 3.05) is 5.73 Å². The molecule has 0 aliphatic rings. The molecule has 0 amide bonds. The second-order valence-corrected chi connectivity index (χ2v) is 5.04. The molecule has 94 valence electrons. The van der Waals surface area contributed by atoms with E-state index in [0.29, 0.717) is 16.8 Å². The van der Waals surface area contributed by atoms with Gasteiger partial charge in [0.1, 0.15) is 0 Å². The van der Waals surface area contributed by atoms with Crippen LogP contribution in [0.25, 0.3) is 10.9 Å². The molecule has 0 saturated carbocycles. The van der Waals surface area contributed by atoms with Crippen LogP contribution in [0.4, 0.5) is 5.69 Å². The summed E-state index contributed by atoms with van der Waals surface area (Å²) in [5.41, 5.74) is 8.40. The van der Waals surface area contributed by atoms with Crippen molar-refractivity contribution in [2.45, 2.75) is 0 Å². The fourth-order valence-electron chi connectivity index (χ4n) is 1.99. The van der Waals surface area contributed by atoms with Gasteiger partial charge in [-0.25, -0.2) is 0 Å². The Balaban J connectivity index is 2.11. The van der Waals surface area contributed by atoms with E-state index >= 15 is 0 Å². The van der Waals surface area contributed by atoms with Gasteiger partial charge < -0.3 is 10.7 Å². The second-order valence-electron chi connectivity index (χ2n) is 4.19. The van der Waals surface area contributed by atoms with Crippen LogP contribution in [0, 0.1) is 0 Å². The summed E-state index contributed by atoms with van der Waals surface area (Å²) in [7, 11) is 0. The van der Waals surface area contributed by atoms with Gasteiger partial charge in [-0.15, -0.1) is 0 Å². The first-order chi connectivity index (χ1) is 9.16. The maximum Gasteiger partial charge on any atom is 0.195 e. The highest BCUT2D eigenvalue weighted by Crippen LogP contribution is 2.24. The van der Waals surface area contributed by atoms with Crippen LogP contribution in [0.5, 0.6) is 0 Å². The molecule has 2 heterocycles. The molecule has 0 atom stereocenters. The van der Waals surface area contributed by atoms with Gasteiger partial charge in [-0.1, -0.05) is 0 Å². The van der Waals surface area contributed by atoms with Crippen LogP contribution in [0.3, 0.4) is 0 Å². The first kappa shape index (κ1) is 11.9. The number of ketones is 1. The lowest BCUT2D eigenvalue weighted by atomic mass is 10.0. The second kappa shape index (κ2) is 4.51. The Hall–Kier alpha value is -2.14. The van der Waals surface area contributed by atoms with Gasteiger partial charge in [0.15, 0.2) is 5.78 Å². The molecule has 0 saturated heterocycles. The van der Waals surface area contributed by atoms with Crippen LogP contribution in [0.2, 0.25) is 0 Å². The highest BCUT2D eigenvalue weighted by atomic mass is 79.9. The first-order valence-electron chi connectivity index (χ1n) is 5.67.